The largest absolute Gasteiger partial charge is 0.493 e. The molecule has 3 rings (SSSR count). The molecule has 0 atom stereocenters. The third-order valence-corrected chi connectivity index (χ3v) is 7.58. The van der Waals surface area contributed by atoms with E-state index in [9.17, 15) is 13.2 Å². The molecule has 0 spiro atoms. The number of hydrogen-bond donors (Lipinski definition) is 0. The molecule has 0 aliphatic carbocycles. The van der Waals surface area contributed by atoms with Crippen LogP contribution in [0.2, 0.25) is 0 Å². The van der Waals surface area contributed by atoms with Crippen LogP contribution in [0.25, 0.3) is 10.2 Å². The van der Waals surface area contributed by atoms with Gasteiger partial charge < -0.3 is 14.4 Å². The van der Waals surface area contributed by atoms with Crippen LogP contribution in [0.1, 0.15) is 24.2 Å². The van der Waals surface area contributed by atoms with Crippen molar-refractivity contribution in [2.75, 3.05) is 51.6 Å². The lowest BCUT2D eigenvalue weighted by molar-refractivity contribution is 0.0983. The highest BCUT2D eigenvalue weighted by molar-refractivity contribution is 7.91. The quantitative estimate of drug-likeness (QED) is 0.391. The number of carbonyl (C=O) groups is 1. The lowest BCUT2D eigenvalue weighted by Gasteiger charge is -2.25. The minimum Gasteiger partial charge on any atom is -0.493 e. The van der Waals surface area contributed by atoms with Gasteiger partial charge in [0.25, 0.3) is 5.91 Å². The van der Waals surface area contributed by atoms with Gasteiger partial charge in [-0.05, 0) is 43.4 Å². The van der Waals surface area contributed by atoms with Gasteiger partial charge in [0.1, 0.15) is 5.52 Å². The molecular weight excluding hydrogens is 498 g/mol. The van der Waals surface area contributed by atoms with Gasteiger partial charge in [-0.15, -0.1) is 12.4 Å². The number of sulfone groups is 1. The summed E-state index contributed by atoms with van der Waals surface area (Å²) in [4.78, 5) is 22.2. The normalized spacial score (nSPS) is 11.4. The summed E-state index contributed by atoms with van der Waals surface area (Å²) in [6.07, 6.45) is 1.16. The van der Waals surface area contributed by atoms with Crippen LogP contribution < -0.4 is 14.4 Å². The van der Waals surface area contributed by atoms with E-state index in [0.29, 0.717) is 45.5 Å². The van der Waals surface area contributed by atoms with Crippen LogP contribution >= 0.6 is 23.7 Å². The number of rotatable bonds is 10. The van der Waals surface area contributed by atoms with E-state index in [1.165, 1.54) is 31.6 Å². The first-order valence-corrected chi connectivity index (χ1v) is 13.3. The Kier molecular flexibility index (Phi) is 9.69. The molecule has 0 aliphatic rings. The molecule has 8 nitrogen and oxygen atoms in total. The number of para-hydroxylation sites is 1. The molecule has 186 valence electrons. The highest BCUT2D eigenvalue weighted by Crippen LogP contribution is 2.34. The minimum absolute atomic E-state index is 0. The highest BCUT2D eigenvalue weighted by atomic mass is 35.5. The van der Waals surface area contributed by atoms with Crippen molar-refractivity contribution in [3.8, 4) is 11.5 Å². The van der Waals surface area contributed by atoms with E-state index in [1.807, 2.05) is 6.07 Å². The van der Waals surface area contributed by atoms with Crippen molar-refractivity contribution in [2.24, 2.45) is 0 Å². The summed E-state index contributed by atoms with van der Waals surface area (Å²) in [6, 6.07) is 10.1. The number of fused-ring (bicyclic) bond motifs is 1. The van der Waals surface area contributed by atoms with Crippen LogP contribution in [-0.2, 0) is 9.84 Å². The summed E-state index contributed by atoms with van der Waals surface area (Å²) >= 11 is 1.30. The zero-order chi connectivity index (χ0) is 24.2. The number of benzene rings is 2. The lowest BCUT2D eigenvalue weighted by Crippen LogP contribution is -2.38. The van der Waals surface area contributed by atoms with E-state index in [-0.39, 0.29) is 23.2 Å². The van der Waals surface area contributed by atoms with E-state index < -0.39 is 9.84 Å². The van der Waals surface area contributed by atoms with Crippen molar-refractivity contribution < 1.29 is 22.7 Å². The molecule has 1 amide bonds. The Morgan fingerprint density at radius 3 is 2.29 bits per heavy atom. The number of ether oxygens (including phenoxy) is 2. The van der Waals surface area contributed by atoms with E-state index in [2.05, 4.69) is 23.7 Å². The fourth-order valence-corrected chi connectivity index (χ4v) is 5.43. The lowest BCUT2D eigenvalue weighted by atomic mass is 10.1. The molecule has 0 saturated heterocycles. The predicted octanol–water partition coefficient (Wildman–Crippen LogP) is 4.13. The Bertz CT molecular complexity index is 1240. The number of carbonyl (C=O) groups excluding carboxylic acids is 1. The second-order valence-electron chi connectivity index (χ2n) is 7.42. The number of methoxy groups -OCH3 is 2. The second-order valence-corrected chi connectivity index (χ2v) is 10.4. The van der Waals surface area contributed by atoms with Crippen LogP contribution in [-0.4, -0.2) is 70.9 Å². The molecule has 11 heteroatoms. The van der Waals surface area contributed by atoms with E-state index in [0.717, 1.165) is 19.3 Å². The monoisotopic (exact) mass is 527 g/mol. The number of amides is 1. The zero-order valence-electron chi connectivity index (χ0n) is 19.9. The standard InChI is InChI=1S/C23H29N3O5S2.ClH/c1-6-25(7-2)13-14-26(22(27)16-11-12-17(30-3)18(15-16)31-4)23-24-21-19(32-23)9-8-10-20(21)33(5,28)29;/h8-12,15H,6-7,13-14H2,1-5H3;1H. The maximum atomic E-state index is 13.6. The number of thiazole rings is 1. The maximum absolute atomic E-state index is 13.6. The number of nitrogens with zero attached hydrogens (tertiary/aromatic N) is 3. The van der Waals surface area contributed by atoms with E-state index >= 15 is 0 Å². The fourth-order valence-electron chi connectivity index (χ4n) is 3.52. The second kappa shape index (κ2) is 11.8. The average Bonchev–Trinajstić information content (AvgIpc) is 3.24. The van der Waals surface area contributed by atoms with Gasteiger partial charge in [-0.2, -0.15) is 0 Å². The predicted molar refractivity (Wildman–Crippen MR) is 139 cm³/mol. The molecule has 34 heavy (non-hydrogen) atoms. The number of likely N-dealkylation sites (N-methyl/N-ethyl adjacent to an activating group) is 1. The van der Waals surface area contributed by atoms with Crippen molar-refractivity contribution in [1.29, 1.82) is 0 Å². The van der Waals surface area contributed by atoms with E-state index in [4.69, 9.17) is 9.47 Å². The van der Waals surface area contributed by atoms with Gasteiger partial charge in [0.2, 0.25) is 0 Å². The molecule has 0 unspecified atom stereocenters. The summed E-state index contributed by atoms with van der Waals surface area (Å²) in [5, 5.41) is 0.452. The number of halogens is 1. The molecule has 1 heterocycles. The van der Waals surface area contributed by atoms with Crippen molar-refractivity contribution in [2.45, 2.75) is 18.7 Å². The topological polar surface area (TPSA) is 89.0 Å². The highest BCUT2D eigenvalue weighted by Gasteiger charge is 2.25. The van der Waals surface area contributed by atoms with Gasteiger partial charge in [0.15, 0.2) is 26.5 Å². The zero-order valence-corrected chi connectivity index (χ0v) is 22.3. The Labute approximate surface area is 210 Å². The Morgan fingerprint density at radius 1 is 1.03 bits per heavy atom. The van der Waals surface area contributed by atoms with Crippen molar-refractivity contribution in [3.05, 3.63) is 42.0 Å². The van der Waals surface area contributed by atoms with Crippen LogP contribution in [0.5, 0.6) is 11.5 Å². The Balaban J connectivity index is 0.00000408. The first kappa shape index (κ1) is 27.8. The first-order chi connectivity index (χ1) is 15.7. The molecule has 0 saturated carbocycles. The van der Waals surface area contributed by atoms with Crippen LogP contribution in [0.4, 0.5) is 5.13 Å². The maximum Gasteiger partial charge on any atom is 0.260 e. The molecular formula is C23H30ClN3O5S2. The number of anilines is 1. The van der Waals surface area contributed by atoms with Crippen LogP contribution in [0, 0.1) is 0 Å². The minimum atomic E-state index is -3.46. The van der Waals surface area contributed by atoms with E-state index in [1.54, 1.807) is 29.2 Å². The average molecular weight is 528 g/mol. The fraction of sp³-hybridized carbons (Fsp3) is 0.391. The molecule has 0 aliphatic heterocycles. The van der Waals surface area contributed by atoms with Crippen molar-refractivity contribution in [3.63, 3.8) is 0 Å². The summed E-state index contributed by atoms with van der Waals surface area (Å²) in [5.41, 5.74) is 0.808. The Morgan fingerprint density at radius 2 is 1.71 bits per heavy atom. The summed E-state index contributed by atoms with van der Waals surface area (Å²) in [6.45, 7) is 6.91. The molecule has 2 aromatic carbocycles. The van der Waals surface area contributed by atoms with Crippen LogP contribution in [0.15, 0.2) is 41.3 Å². The molecule has 1 aromatic heterocycles. The van der Waals surface area contributed by atoms with Gasteiger partial charge in [-0.3, -0.25) is 9.69 Å². The molecule has 0 bridgehead atoms. The first-order valence-electron chi connectivity index (χ1n) is 10.6. The Hall–Kier alpha value is -2.40. The smallest absolute Gasteiger partial charge is 0.260 e. The molecule has 0 radical (unpaired) electrons. The SMILES string of the molecule is CCN(CC)CCN(C(=O)c1ccc(OC)c(OC)c1)c1nc2c(S(C)(=O)=O)cccc2s1.Cl. The summed E-state index contributed by atoms with van der Waals surface area (Å²) < 4.78 is 35.9. The van der Waals surface area contributed by atoms with Gasteiger partial charge >= 0.3 is 0 Å². The van der Waals surface area contributed by atoms with Crippen molar-refractivity contribution >= 4 is 54.8 Å². The molecule has 0 fully saturated rings. The third-order valence-electron chi connectivity index (χ3n) is 5.41. The number of hydrogen-bond acceptors (Lipinski definition) is 8. The van der Waals surface area contributed by atoms with Gasteiger partial charge in [0, 0.05) is 24.9 Å². The third kappa shape index (κ3) is 5.99. The van der Waals surface area contributed by atoms with Gasteiger partial charge in [-0.25, -0.2) is 13.4 Å². The summed E-state index contributed by atoms with van der Waals surface area (Å²) in [7, 11) is -0.406. The van der Waals surface area contributed by atoms with Crippen LogP contribution in [0.3, 0.4) is 0 Å². The molecule has 0 N–H and O–H groups in total. The molecule has 3 aromatic rings. The van der Waals surface area contributed by atoms with Gasteiger partial charge in [-0.1, -0.05) is 31.3 Å². The van der Waals surface area contributed by atoms with Gasteiger partial charge in [0.05, 0.1) is 23.8 Å². The van der Waals surface area contributed by atoms with Crippen molar-refractivity contribution in [1.82, 2.24) is 9.88 Å². The number of aromatic nitrogens is 1. The summed E-state index contributed by atoms with van der Waals surface area (Å²) in [5.74, 6) is 0.736.